The second-order valence-corrected chi connectivity index (χ2v) is 12.6. The lowest BCUT2D eigenvalue weighted by Crippen LogP contribution is -2.51. The molecule has 2 rings (SSSR count). The van der Waals surface area contributed by atoms with E-state index in [9.17, 15) is 22.8 Å². The van der Waals surface area contributed by atoms with Gasteiger partial charge in [0, 0.05) is 30.7 Å². The van der Waals surface area contributed by atoms with E-state index in [4.69, 9.17) is 9.47 Å². The van der Waals surface area contributed by atoms with E-state index < -0.39 is 45.7 Å². The fourth-order valence-electron chi connectivity index (χ4n) is 3.11. The molecule has 34 heavy (non-hydrogen) atoms. The second-order valence-electron chi connectivity index (χ2n) is 9.78. The number of halogens is 1. The van der Waals surface area contributed by atoms with Crippen molar-refractivity contribution in [2.45, 2.75) is 57.6 Å². The highest BCUT2D eigenvalue weighted by Crippen LogP contribution is 2.25. The maximum atomic E-state index is 13.4. The first-order chi connectivity index (χ1) is 15.5. The van der Waals surface area contributed by atoms with Gasteiger partial charge in [-0.25, -0.2) is 13.2 Å². The number of carbonyl (C=O) groups is 3. The van der Waals surface area contributed by atoms with Gasteiger partial charge in [0.2, 0.25) is 10.0 Å². The normalized spacial score (nSPS) is 15.6. The Bertz CT molecular complexity index is 1040. The highest BCUT2D eigenvalue weighted by Gasteiger charge is 2.34. The van der Waals surface area contributed by atoms with Crippen molar-refractivity contribution in [1.29, 1.82) is 0 Å². The monoisotopic (exact) mass is 561 g/mol. The van der Waals surface area contributed by atoms with Gasteiger partial charge >= 0.3 is 12.1 Å². The number of ether oxygens (including phenoxy) is 2. The van der Waals surface area contributed by atoms with E-state index in [-0.39, 0.29) is 36.6 Å². The van der Waals surface area contributed by atoms with Crippen LogP contribution in [0.5, 0.6) is 0 Å². The number of benzene rings is 1. The SMILES string of the molecule is CC(C)(C)OC(=O)CNC(=O)c1cc(Br)ccc1S(=O)(=O)N1CCN(C(=O)OC(C)(C)C)CC1. The Hall–Kier alpha value is -2.18. The molecule has 0 radical (unpaired) electrons. The first kappa shape index (κ1) is 28.1. The maximum absolute atomic E-state index is 13.4. The molecule has 1 fully saturated rings. The van der Waals surface area contributed by atoms with Crippen LogP contribution in [-0.2, 0) is 24.3 Å². The van der Waals surface area contributed by atoms with Gasteiger partial charge in [-0.1, -0.05) is 15.9 Å². The molecule has 1 aliphatic rings. The lowest BCUT2D eigenvalue weighted by Gasteiger charge is -2.35. The van der Waals surface area contributed by atoms with Crippen LogP contribution in [0.25, 0.3) is 0 Å². The minimum atomic E-state index is -4.05. The van der Waals surface area contributed by atoms with Crippen LogP contribution in [0.2, 0.25) is 0 Å². The summed E-state index contributed by atoms with van der Waals surface area (Å²) in [4.78, 5) is 38.3. The number of rotatable bonds is 5. The summed E-state index contributed by atoms with van der Waals surface area (Å²) in [6, 6.07) is 4.24. The zero-order valence-electron chi connectivity index (χ0n) is 20.3. The van der Waals surface area contributed by atoms with Gasteiger partial charge in [0.05, 0.1) is 10.5 Å². The summed E-state index contributed by atoms with van der Waals surface area (Å²) in [5, 5.41) is 2.42. The summed E-state index contributed by atoms with van der Waals surface area (Å²) in [5.41, 5.74) is -1.47. The number of amides is 2. The van der Waals surface area contributed by atoms with Crippen molar-refractivity contribution in [3.63, 3.8) is 0 Å². The molecule has 0 aliphatic carbocycles. The Balaban J connectivity index is 2.15. The van der Waals surface area contributed by atoms with Crippen molar-refractivity contribution in [1.82, 2.24) is 14.5 Å². The number of carbonyl (C=O) groups excluding carboxylic acids is 3. The van der Waals surface area contributed by atoms with Gasteiger partial charge < -0.3 is 19.7 Å². The van der Waals surface area contributed by atoms with Crippen molar-refractivity contribution in [3.05, 3.63) is 28.2 Å². The van der Waals surface area contributed by atoms with Gasteiger partial charge in [0.25, 0.3) is 5.91 Å². The third-order valence-electron chi connectivity index (χ3n) is 4.51. The summed E-state index contributed by atoms with van der Waals surface area (Å²) in [6.07, 6.45) is -0.504. The van der Waals surface area contributed by atoms with Crippen molar-refractivity contribution >= 4 is 43.9 Å². The number of nitrogens with zero attached hydrogens (tertiary/aromatic N) is 2. The molecular weight excluding hydrogens is 530 g/mol. The predicted molar refractivity (Wildman–Crippen MR) is 129 cm³/mol. The minimum Gasteiger partial charge on any atom is -0.459 e. The van der Waals surface area contributed by atoms with E-state index in [1.54, 1.807) is 41.5 Å². The minimum absolute atomic E-state index is 0.0522. The van der Waals surface area contributed by atoms with Gasteiger partial charge in [0.1, 0.15) is 17.7 Å². The first-order valence-corrected chi connectivity index (χ1v) is 13.0. The standard InChI is InChI=1S/C22H32BrN3O7S/c1-21(2,3)32-18(27)14-24-19(28)16-13-15(23)7-8-17(16)34(30,31)26-11-9-25(10-12-26)20(29)33-22(4,5)6/h7-8,13H,9-12,14H2,1-6H3,(H,24,28). The molecular formula is C22H32BrN3O7S. The molecule has 190 valence electrons. The molecule has 1 aromatic carbocycles. The Morgan fingerprint density at radius 2 is 1.53 bits per heavy atom. The average molecular weight is 562 g/mol. The summed E-state index contributed by atoms with van der Waals surface area (Å²) in [7, 11) is -4.05. The molecule has 1 aliphatic heterocycles. The van der Waals surface area contributed by atoms with E-state index in [1.165, 1.54) is 27.4 Å². The largest absolute Gasteiger partial charge is 0.459 e. The van der Waals surface area contributed by atoms with Crippen LogP contribution in [0.1, 0.15) is 51.9 Å². The van der Waals surface area contributed by atoms with Gasteiger partial charge in [-0.15, -0.1) is 0 Å². The van der Waals surface area contributed by atoms with Gasteiger partial charge in [-0.2, -0.15) is 4.31 Å². The molecule has 12 heteroatoms. The van der Waals surface area contributed by atoms with E-state index in [0.29, 0.717) is 4.47 Å². The summed E-state index contributed by atoms with van der Waals surface area (Å²) in [6.45, 7) is 10.4. The number of piperazine rings is 1. The zero-order chi connectivity index (χ0) is 25.9. The molecule has 0 unspecified atom stereocenters. The Labute approximate surface area is 209 Å². The Kier molecular flexibility index (Phi) is 8.76. The second kappa shape index (κ2) is 10.6. The van der Waals surface area contributed by atoms with Crippen molar-refractivity contribution in [2.24, 2.45) is 0 Å². The van der Waals surface area contributed by atoms with E-state index in [0.717, 1.165) is 0 Å². The molecule has 0 bridgehead atoms. The van der Waals surface area contributed by atoms with Crippen molar-refractivity contribution in [2.75, 3.05) is 32.7 Å². The fraction of sp³-hybridized carbons (Fsp3) is 0.591. The number of esters is 1. The molecule has 1 heterocycles. The lowest BCUT2D eigenvalue weighted by atomic mass is 10.2. The molecule has 0 aromatic heterocycles. The number of sulfonamides is 1. The van der Waals surface area contributed by atoms with Crippen molar-refractivity contribution < 1.29 is 32.3 Å². The summed E-state index contributed by atoms with van der Waals surface area (Å²) in [5.74, 6) is -1.36. The molecule has 1 aromatic rings. The van der Waals surface area contributed by atoms with Gasteiger partial charge in [-0.3, -0.25) is 9.59 Å². The Morgan fingerprint density at radius 3 is 2.06 bits per heavy atom. The van der Waals surface area contributed by atoms with Crippen LogP contribution in [0, 0.1) is 0 Å². The van der Waals surface area contributed by atoms with Crippen LogP contribution in [-0.4, -0.2) is 79.5 Å². The van der Waals surface area contributed by atoms with Gasteiger partial charge in [-0.05, 0) is 59.7 Å². The molecule has 2 amide bonds. The summed E-state index contributed by atoms with van der Waals surface area (Å²) >= 11 is 3.26. The molecule has 0 atom stereocenters. The molecule has 0 spiro atoms. The number of nitrogens with one attached hydrogen (secondary N) is 1. The predicted octanol–water partition coefficient (Wildman–Crippen LogP) is 2.76. The van der Waals surface area contributed by atoms with Crippen LogP contribution >= 0.6 is 15.9 Å². The highest BCUT2D eigenvalue weighted by atomic mass is 79.9. The van der Waals surface area contributed by atoms with E-state index in [2.05, 4.69) is 21.2 Å². The quantitative estimate of drug-likeness (QED) is 0.548. The van der Waals surface area contributed by atoms with Crippen LogP contribution < -0.4 is 5.32 Å². The fourth-order valence-corrected chi connectivity index (χ4v) is 5.06. The zero-order valence-corrected chi connectivity index (χ0v) is 22.7. The average Bonchev–Trinajstić information content (AvgIpc) is 2.69. The van der Waals surface area contributed by atoms with E-state index >= 15 is 0 Å². The molecule has 0 saturated carbocycles. The lowest BCUT2D eigenvalue weighted by molar-refractivity contribution is -0.153. The third kappa shape index (κ3) is 7.95. The molecule has 1 N–H and O–H groups in total. The Morgan fingerprint density at radius 1 is 0.971 bits per heavy atom. The van der Waals surface area contributed by atoms with Gasteiger partial charge in [0.15, 0.2) is 0 Å². The maximum Gasteiger partial charge on any atom is 0.410 e. The van der Waals surface area contributed by atoms with Crippen molar-refractivity contribution in [3.8, 4) is 0 Å². The van der Waals surface area contributed by atoms with Crippen LogP contribution in [0.15, 0.2) is 27.6 Å². The highest BCUT2D eigenvalue weighted by molar-refractivity contribution is 9.10. The van der Waals surface area contributed by atoms with E-state index in [1.807, 2.05) is 0 Å². The third-order valence-corrected chi connectivity index (χ3v) is 6.96. The van der Waals surface area contributed by atoms with Crippen LogP contribution in [0.4, 0.5) is 4.79 Å². The smallest absolute Gasteiger partial charge is 0.410 e. The number of hydrogen-bond donors (Lipinski definition) is 1. The number of hydrogen-bond acceptors (Lipinski definition) is 7. The first-order valence-electron chi connectivity index (χ1n) is 10.8. The topological polar surface area (TPSA) is 122 Å². The molecule has 10 nitrogen and oxygen atoms in total. The summed E-state index contributed by atoms with van der Waals surface area (Å²) < 4.78 is 39.0. The molecule has 1 saturated heterocycles. The van der Waals surface area contributed by atoms with Crippen LogP contribution in [0.3, 0.4) is 0 Å².